The number of hydrogen-bond acceptors (Lipinski definition) is 5. The molecular weight excluding hydrogens is 280 g/mol. The molecule has 1 aliphatic rings. The van der Waals surface area contributed by atoms with Crippen molar-refractivity contribution in [2.75, 3.05) is 13.1 Å². The Balaban J connectivity index is 1.64. The van der Waals surface area contributed by atoms with E-state index in [4.69, 9.17) is 5.11 Å². The molecule has 0 aromatic carbocycles. The van der Waals surface area contributed by atoms with E-state index in [1.165, 1.54) is 4.88 Å². The quantitative estimate of drug-likeness (QED) is 0.942. The number of thiophene rings is 1. The highest BCUT2D eigenvalue weighted by Crippen LogP contribution is 2.28. The first-order valence-corrected chi connectivity index (χ1v) is 7.92. The number of hydrogen-bond donors (Lipinski definition) is 1. The monoisotopic (exact) mass is 294 g/mol. The van der Waals surface area contributed by atoms with Crippen molar-refractivity contribution in [3.05, 3.63) is 28.6 Å². The Morgan fingerprint density at radius 1 is 1.53 bits per heavy atom. The number of rotatable bonds is 4. The summed E-state index contributed by atoms with van der Waals surface area (Å²) in [4.78, 5) is 18.9. The first kappa shape index (κ1) is 12.8. The van der Waals surface area contributed by atoms with E-state index in [9.17, 15) is 4.79 Å². The zero-order chi connectivity index (χ0) is 13.2. The first-order valence-electron chi connectivity index (χ1n) is 6.16. The number of aliphatic carboxylic acids is 1. The molecule has 0 amide bonds. The number of carbonyl (C=O) groups is 1. The van der Waals surface area contributed by atoms with Gasteiger partial charge in [-0.05, 0) is 24.4 Å². The fraction of sp³-hybridized carbons (Fsp3) is 0.385. The van der Waals surface area contributed by atoms with Crippen LogP contribution in [0.25, 0.3) is 9.88 Å². The topological polar surface area (TPSA) is 53.4 Å². The third-order valence-corrected chi connectivity index (χ3v) is 5.22. The second-order valence-corrected chi connectivity index (χ2v) is 6.49. The van der Waals surface area contributed by atoms with Gasteiger partial charge in [-0.1, -0.05) is 6.07 Å². The number of likely N-dealkylation sites (tertiary alicyclic amines) is 1. The summed E-state index contributed by atoms with van der Waals surface area (Å²) in [5.41, 5.74) is 1.04. The molecule has 1 saturated heterocycles. The van der Waals surface area contributed by atoms with E-state index in [-0.39, 0.29) is 5.92 Å². The van der Waals surface area contributed by atoms with Crippen LogP contribution in [0, 0.1) is 5.92 Å². The van der Waals surface area contributed by atoms with Crippen LogP contribution >= 0.6 is 22.7 Å². The summed E-state index contributed by atoms with van der Waals surface area (Å²) in [7, 11) is 0. The summed E-state index contributed by atoms with van der Waals surface area (Å²) in [5.74, 6) is -0.893. The van der Waals surface area contributed by atoms with Crippen molar-refractivity contribution >= 4 is 28.6 Å². The van der Waals surface area contributed by atoms with Crippen molar-refractivity contribution in [1.29, 1.82) is 0 Å². The fourth-order valence-electron chi connectivity index (χ4n) is 2.30. The van der Waals surface area contributed by atoms with Crippen LogP contribution in [-0.2, 0) is 11.3 Å². The molecule has 0 aliphatic carbocycles. The zero-order valence-electron chi connectivity index (χ0n) is 10.3. The Hall–Kier alpha value is -1.24. The van der Waals surface area contributed by atoms with E-state index in [1.54, 1.807) is 22.7 Å². The molecule has 3 rings (SSSR count). The molecule has 1 unspecified atom stereocenters. The van der Waals surface area contributed by atoms with Crippen molar-refractivity contribution in [2.45, 2.75) is 13.0 Å². The first-order chi connectivity index (χ1) is 9.22. The van der Waals surface area contributed by atoms with E-state index in [2.05, 4.69) is 21.3 Å². The van der Waals surface area contributed by atoms with Crippen LogP contribution < -0.4 is 0 Å². The molecule has 19 heavy (non-hydrogen) atoms. The summed E-state index contributed by atoms with van der Waals surface area (Å²) in [6.45, 7) is 2.25. The van der Waals surface area contributed by atoms with Gasteiger partial charge >= 0.3 is 5.97 Å². The Morgan fingerprint density at radius 3 is 3.11 bits per heavy atom. The van der Waals surface area contributed by atoms with Gasteiger partial charge in [0.2, 0.25) is 0 Å². The minimum absolute atomic E-state index is 0.213. The van der Waals surface area contributed by atoms with E-state index < -0.39 is 5.97 Å². The Kier molecular flexibility index (Phi) is 3.63. The normalized spacial score (nSPS) is 19.9. The van der Waals surface area contributed by atoms with Gasteiger partial charge in [0.25, 0.3) is 0 Å². The summed E-state index contributed by atoms with van der Waals surface area (Å²) in [6, 6.07) is 4.10. The van der Waals surface area contributed by atoms with Crippen LogP contribution in [0.2, 0.25) is 0 Å². The molecule has 100 valence electrons. The van der Waals surface area contributed by atoms with Gasteiger partial charge in [-0.3, -0.25) is 9.69 Å². The molecule has 4 nitrogen and oxygen atoms in total. The van der Waals surface area contributed by atoms with Crippen molar-refractivity contribution in [3.8, 4) is 9.88 Å². The van der Waals surface area contributed by atoms with Crippen molar-refractivity contribution in [3.63, 3.8) is 0 Å². The molecule has 3 heterocycles. The Morgan fingerprint density at radius 2 is 2.42 bits per heavy atom. The van der Waals surface area contributed by atoms with Gasteiger partial charge in [-0.25, -0.2) is 4.98 Å². The standard InChI is InChI=1S/C13H14N2O2S2/c16-13(17)9-3-4-15(6-9)7-10-8-19-12(14-10)11-2-1-5-18-11/h1-2,5,8-9H,3-4,6-7H2,(H,16,17). The molecule has 2 aromatic heterocycles. The number of thiazole rings is 1. The van der Waals surface area contributed by atoms with Gasteiger partial charge in [-0.2, -0.15) is 0 Å². The summed E-state index contributed by atoms with van der Waals surface area (Å²) < 4.78 is 0. The van der Waals surface area contributed by atoms with E-state index in [0.29, 0.717) is 6.54 Å². The third-order valence-electron chi connectivity index (χ3n) is 3.29. The van der Waals surface area contributed by atoms with E-state index in [1.807, 2.05) is 11.4 Å². The van der Waals surface area contributed by atoms with Crippen LogP contribution in [0.5, 0.6) is 0 Å². The highest BCUT2D eigenvalue weighted by molar-refractivity contribution is 7.20. The third kappa shape index (κ3) is 2.86. The largest absolute Gasteiger partial charge is 0.481 e. The molecule has 1 atom stereocenters. The SMILES string of the molecule is O=C(O)C1CCN(Cc2csc(-c3cccs3)n2)C1. The number of aromatic nitrogens is 1. The van der Waals surface area contributed by atoms with Gasteiger partial charge in [0.05, 0.1) is 16.5 Å². The predicted octanol–water partition coefficient (Wildman–Crippen LogP) is 2.78. The van der Waals surface area contributed by atoms with E-state index >= 15 is 0 Å². The molecule has 0 bridgehead atoms. The van der Waals surface area contributed by atoms with Crippen LogP contribution in [0.1, 0.15) is 12.1 Å². The maximum Gasteiger partial charge on any atom is 0.307 e. The molecule has 6 heteroatoms. The lowest BCUT2D eigenvalue weighted by atomic mass is 10.1. The number of carboxylic acid groups (broad SMARTS) is 1. The van der Waals surface area contributed by atoms with Crippen molar-refractivity contribution < 1.29 is 9.90 Å². The minimum Gasteiger partial charge on any atom is -0.481 e. The average molecular weight is 294 g/mol. The molecule has 1 N–H and O–H groups in total. The molecule has 0 saturated carbocycles. The molecule has 0 radical (unpaired) electrons. The minimum atomic E-state index is -0.681. The lowest BCUT2D eigenvalue weighted by molar-refractivity contribution is -0.141. The lowest BCUT2D eigenvalue weighted by Gasteiger charge is -2.12. The average Bonchev–Trinajstić information content (AvgIpc) is 3.09. The van der Waals surface area contributed by atoms with Crippen LogP contribution in [0.3, 0.4) is 0 Å². The summed E-state index contributed by atoms with van der Waals surface area (Å²) in [6.07, 6.45) is 0.747. The maximum absolute atomic E-state index is 10.9. The predicted molar refractivity (Wildman–Crippen MR) is 76.4 cm³/mol. The van der Waals surface area contributed by atoms with Crippen molar-refractivity contribution in [1.82, 2.24) is 9.88 Å². The zero-order valence-corrected chi connectivity index (χ0v) is 11.9. The molecule has 2 aromatic rings. The van der Waals surface area contributed by atoms with Gasteiger partial charge in [-0.15, -0.1) is 22.7 Å². The molecular formula is C13H14N2O2S2. The number of nitrogens with zero attached hydrogens (tertiary/aromatic N) is 2. The lowest BCUT2D eigenvalue weighted by Crippen LogP contribution is -2.22. The van der Waals surface area contributed by atoms with Crippen LogP contribution in [-0.4, -0.2) is 34.0 Å². The Bertz CT molecular complexity index is 565. The molecule has 1 fully saturated rings. The molecule has 0 spiro atoms. The van der Waals surface area contributed by atoms with Gasteiger partial charge in [0, 0.05) is 18.5 Å². The fourth-order valence-corrected chi connectivity index (χ4v) is 3.93. The second kappa shape index (κ2) is 5.40. The van der Waals surface area contributed by atoms with Gasteiger partial charge in [0.15, 0.2) is 0 Å². The van der Waals surface area contributed by atoms with Crippen LogP contribution in [0.4, 0.5) is 0 Å². The summed E-state index contributed by atoms with van der Waals surface area (Å²) >= 11 is 3.35. The van der Waals surface area contributed by atoms with E-state index in [0.717, 1.165) is 30.2 Å². The summed E-state index contributed by atoms with van der Waals surface area (Å²) in [5, 5.41) is 14.2. The van der Waals surface area contributed by atoms with Crippen molar-refractivity contribution in [2.24, 2.45) is 5.92 Å². The second-order valence-electron chi connectivity index (χ2n) is 4.68. The molecule has 1 aliphatic heterocycles. The van der Waals surface area contributed by atoms with Gasteiger partial charge < -0.3 is 5.11 Å². The number of carboxylic acids is 1. The van der Waals surface area contributed by atoms with Gasteiger partial charge in [0.1, 0.15) is 5.01 Å². The highest BCUT2D eigenvalue weighted by atomic mass is 32.1. The maximum atomic E-state index is 10.9. The highest BCUT2D eigenvalue weighted by Gasteiger charge is 2.28. The van der Waals surface area contributed by atoms with Crippen LogP contribution in [0.15, 0.2) is 22.9 Å². The smallest absolute Gasteiger partial charge is 0.307 e. The Labute approximate surface area is 119 Å².